The van der Waals surface area contributed by atoms with Gasteiger partial charge in [0.15, 0.2) is 0 Å². The van der Waals surface area contributed by atoms with Gasteiger partial charge in [0.2, 0.25) is 6.29 Å². The highest BCUT2D eigenvalue weighted by Gasteiger charge is 2.04. The molecule has 0 fully saturated rings. The van der Waals surface area contributed by atoms with Crippen molar-refractivity contribution in [2.24, 2.45) is 0 Å². The van der Waals surface area contributed by atoms with Crippen LogP contribution >= 0.6 is 28.6 Å². The summed E-state index contributed by atoms with van der Waals surface area (Å²) in [5, 5.41) is -0.438. The summed E-state index contributed by atoms with van der Waals surface area (Å²) in [6, 6.07) is 7.45. The van der Waals surface area contributed by atoms with Gasteiger partial charge in [-0.3, -0.25) is 4.79 Å². The lowest BCUT2D eigenvalue weighted by Gasteiger charge is -2.01. The maximum atomic E-state index is 10.2. The van der Waals surface area contributed by atoms with E-state index in [1.165, 1.54) is 0 Å². The number of carbonyl (C=O) groups excluding carboxylic acids is 1. The van der Waals surface area contributed by atoms with Gasteiger partial charge in [0.05, 0.1) is 5.25 Å². The summed E-state index contributed by atoms with van der Waals surface area (Å²) >= 11 is 7.32. The molecule has 1 unspecified atom stereocenters. The van der Waals surface area contributed by atoms with Crippen LogP contribution in [-0.4, -0.2) is 6.29 Å². The van der Waals surface area contributed by atoms with Crippen molar-refractivity contribution in [1.82, 2.24) is 0 Å². The Bertz CT molecular complexity index is 262. The monoisotopic (exact) mass is 229 g/mol. The molecule has 0 heterocycles. The molecular weight excluding hydrogens is 224 g/mol. The second-order valence-corrected chi connectivity index (χ2v) is 3.51. The molecule has 0 saturated carbocycles. The van der Waals surface area contributed by atoms with Gasteiger partial charge in [0.25, 0.3) is 0 Å². The standard InChI is InChI=1S/C8H6BrOS/c9-7-3-1-2-6(4-7)8(11)5-10/h1-4,8,11H. The molecule has 1 atom stereocenters. The average Bonchev–Trinajstić information content (AvgIpc) is 2.03. The molecule has 0 aliphatic carbocycles. The van der Waals surface area contributed by atoms with Gasteiger partial charge in [-0.25, -0.2) is 0 Å². The van der Waals surface area contributed by atoms with E-state index in [4.69, 9.17) is 0 Å². The number of thiol groups is 1. The van der Waals surface area contributed by atoms with Crippen LogP contribution in [-0.2, 0) is 4.79 Å². The van der Waals surface area contributed by atoms with Crippen LogP contribution in [0.2, 0.25) is 0 Å². The van der Waals surface area contributed by atoms with Crippen molar-refractivity contribution in [3.05, 3.63) is 34.3 Å². The van der Waals surface area contributed by atoms with Crippen molar-refractivity contribution in [2.75, 3.05) is 0 Å². The average molecular weight is 230 g/mol. The predicted molar refractivity (Wildman–Crippen MR) is 51.6 cm³/mol. The Morgan fingerprint density at radius 2 is 2.27 bits per heavy atom. The van der Waals surface area contributed by atoms with Gasteiger partial charge >= 0.3 is 0 Å². The van der Waals surface area contributed by atoms with Crippen molar-refractivity contribution in [3.8, 4) is 0 Å². The zero-order valence-electron chi connectivity index (χ0n) is 5.62. The minimum atomic E-state index is -0.438. The number of rotatable bonds is 2. The quantitative estimate of drug-likeness (QED) is 0.772. The van der Waals surface area contributed by atoms with Crippen LogP contribution in [0, 0.1) is 0 Å². The molecular formula is C8H6BrOS. The van der Waals surface area contributed by atoms with Crippen LogP contribution in [0.15, 0.2) is 28.7 Å². The SMILES string of the molecule is O=[C]C(S)c1cccc(Br)c1. The van der Waals surface area contributed by atoms with Gasteiger partial charge in [-0.15, -0.1) is 0 Å². The third-order valence-electron chi connectivity index (χ3n) is 1.28. The highest BCUT2D eigenvalue weighted by atomic mass is 79.9. The van der Waals surface area contributed by atoms with Gasteiger partial charge in [-0.05, 0) is 17.7 Å². The Balaban J connectivity index is 2.95. The van der Waals surface area contributed by atoms with Gasteiger partial charge in [-0.1, -0.05) is 28.1 Å². The van der Waals surface area contributed by atoms with Crippen LogP contribution in [0.4, 0.5) is 0 Å². The van der Waals surface area contributed by atoms with E-state index >= 15 is 0 Å². The molecule has 1 nitrogen and oxygen atoms in total. The molecule has 1 aromatic rings. The molecule has 1 radical (unpaired) electrons. The van der Waals surface area contributed by atoms with E-state index in [1.807, 2.05) is 24.3 Å². The van der Waals surface area contributed by atoms with E-state index in [2.05, 4.69) is 28.6 Å². The largest absolute Gasteiger partial charge is 0.289 e. The summed E-state index contributed by atoms with van der Waals surface area (Å²) in [6.45, 7) is 0. The van der Waals surface area contributed by atoms with Crippen LogP contribution in [0.25, 0.3) is 0 Å². The maximum Gasteiger partial charge on any atom is 0.216 e. The van der Waals surface area contributed by atoms with E-state index < -0.39 is 5.25 Å². The summed E-state index contributed by atoms with van der Waals surface area (Å²) in [4.78, 5) is 10.2. The summed E-state index contributed by atoms with van der Waals surface area (Å²) < 4.78 is 0.948. The van der Waals surface area contributed by atoms with Crippen molar-refractivity contribution in [1.29, 1.82) is 0 Å². The normalized spacial score (nSPS) is 12.5. The molecule has 0 aliphatic rings. The van der Waals surface area contributed by atoms with Crippen molar-refractivity contribution in [3.63, 3.8) is 0 Å². The lowest BCUT2D eigenvalue weighted by atomic mass is 10.2. The molecule has 3 heteroatoms. The number of hydrogen-bond donors (Lipinski definition) is 1. The summed E-state index contributed by atoms with van der Waals surface area (Å²) in [5.74, 6) is 0. The molecule has 0 bridgehead atoms. The van der Waals surface area contributed by atoms with Crippen LogP contribution in [0.5, 0.6) is 0 Å². The van der Waals surface area contributed by atoms with Crippen LogP contribution < -0.4 is 0 Å². The first-order valence-electron chi connectivity index (χ1n) is 3.05. The first-order chi connectivity index (χ1) is 5.24. The minimum absolute atomic E-state index is 0.438. The Morgan fingerprint density at radius 1 is 1.55 bits per heavy atom. The number of benzene rings is 1. The van der Waals surface area contributed by atoms with E-state index in [0.29, 0.717) is 0 Å². The van der Waals surface area contributed by atoms with Crippen LogP contribution in [0.1, 0.15) is 10.8 Å². The fourth-order valence-electron chi connectivity index (χ4n) is 0.745. The molecule has 0 aliphatic heterocycles. The molecule has 1 rings (SSSR count). The fourth-order valence-corrected chi connectivity index (χ4v) is 1.32. The summed E-state index contributed by atoms with van der Waals surface area (Å²) in [5.41, 5.74) is 0.859. The fraction of sp³-hybridized carbons (Fsp3) is 0.125. The third kappa shape index (κ3) is 2.34. The van der Waals surface area contributed by atoms with E-state index in [1.54, 1.807) is 6.29 Å². The Labute approximate surface area is 79.3 Å². The lowest BCUT2D eigenvalue weighted by Crippen LogP contribution is -1.89. The van der Waals surface area contributed by atoms with E-state index in [0.717, 1.165) is 10.0 Å². The molecule has 0 N–H and O–H groups in total. The Kier molecular flexibility index (Phi) is 3.15. The Morgan fingerprint density at radius 3 is 2.82 bits per heavy atom. The smallest absolute Gasteiger partial charge is 0.216 e. The lowest BCUT2D eigenvalue weighted by molar-refractivity contribution is 0.554. The molecule has 11 heavy (non-hydrogen) atoms. The second-order valence-electron chi connectivity index (χ2n) is 2.08. The summed E-state index contributed by atoms with van der Waals surface area (Å²) in [7, 11) is 0. The highest BCUT2D eigenvalue weighted by Crippen LogP contribution is 2.20. The second kappa shape index (κ2) is 3.93. The minimum Gasteiger partial charge on any atom is -0.289 e. The molecule has 57 valence electrons. The molecule has 0 spiro atoms. The Hall–Kier alpha value is -0.280. The zero-order valence-corrected chi connectivity index (χ0v) is 8.10. The summed E-state index contributed by atoms with van der Waals surface area (Å²) in [6.07, 6.45) is 1.80. The number of halogens is 1. The van der Waals surface area contributed by atoms with E-state index in [-0.39, 0.29) is 0 Å². The topological polar surface area (TPSA) is 17.1 Å². The van der Waals surface area contributed by atoms with E-state index in [9.17, 15) is 4.79 Å². The maximum absolute atomic E-state index is 10.2. The van der Waals surface area contributed by atoms with Gasteiger partial charge in [0.1, 0.15) is 0 Å². The molecule has 0 aromatic heterocycles. The van der Waals surface area contributed by atoms with Gasteiger partial charge in [-0.2, -0.15) is 12.6 Å². The molecule has 0 saturated heterocycles. The van der Waals surface area contributed by atoms with Gasteiger partial charge < -0.3 is 0 Å². The number of hydrogen-bond acceptors (Lipinski definition) is 2. The van der Waals surface area contributed by atoms with Crippen molar-refractivity contribution < 1.29 is 4.79 Å². The van der Waals surface area contributed by atoms with Gasteiger partial charge in [0, 0.05) is 4.47 Å². The van der Waals surface area contributed by atoms with Crippen molar-refractivity contribution >= 4 is 34.8 Å². The predicted octanol–water partition coefficient (Wildman–Crippen LogP) is 2.53. The highest BCUT2D eigenvalue weighted by molar-refractivity contribution is 9.10. The first kappa shape index (κ1) is 8.81. The third-order valence-corrected chi connectivity index (χ3v) is 2.17. The molecule has 0 amide bonds. The zero-order chi connectivity index (χ0) is 8.27. The first-order valence-corrected chi connectivity index (χ1v) is 4.36. The van der Waals surface area contributed by atoms with Crippen molar-refractivity contribution in [2.45, 2.75) is 5.25 Å². The molecule has 1 aromatic carbocycles. The van der Waals surface area contributed by atoms with Crippen LogP contribution in [0.3, 0.4) is 0 Å².